The summed E-state index contributed by atoms with van der Waals surface area (Å²) in [5.74, 6) is -0.865. The van der Waals surface area contributed by atoms with Crippen LogP contribution in [0.1, 0.15) is 335 Å². The van der Waals surface area contributed by atoms with Crippen molar-refractivity contribution in [3.05, 3.63) is 60.8 Å². The molecule has 0 saturated heterocycles. The van der Waals surface area contributed by atoms with Gasteiger partial charge in [0.25, 0.3) is 0 Å². The molecule has 0 aromatic rings. The molecule has 0 aromatic heterocycles. The largest absolute Gasteiger partial charge is 0.462 e. The Morgan fingerprint density at radius 3 is 0.851 bits per heavy atom. The summed E-state index contributed by atoms with van der Waals surface area (Å²) in [6.07, 6.45) is 79.4. The van der Waals surface area contributed by atoms with Crippen LogP contribution in [0.5, 0.6) is 0 Å². The maximum absolute atomic E-state index is 12.9. The van der Waals surface area contributed by atoms with Crippen molar-refractivity contribution in [2.24, 2.45) is 0 Å². The van der Waals surface area contributed by atoms with Gasteiger partial charge in [0.15, 0.2) is 6.10 Å². The van der Waals surface area contributed by atoms with Gasteiger partial charge in [0.2, 0.25) is 0 Å². The topological polar surface area (TPSA) is 78.9 Å². The molecule has 1 unspecified atom stereocenters. The summed E-state index contributed by atoms with van der Waals surface area (Å²) >= 11 is 0. The van der Waals surface area contributed by atoms with E-state index < -0.39 is 6.10 Å². The molecule has 0 heterocycles. The Balaban J connectivity index is 4.27. The summed E-state index contributed by atoms with van der Waals surface area (Å²) in [6.45, 7) is 6.55. The van der Waals surface area contributed by atoms with Crippen LogP contribution in [0.4, 0.5) is 0 Å². The van der Waals surface area contributed by atoms with Crippen LogP contribution in [0.3, 0.4) is 0 Å². The number of allylic oxidation sites excluding steroid dienone is 10. The molecule has 0 fully saturated rings. The molecule has 0 amide bonds. The first kappa shape index (κ1) is 71.1. The Hall–Kier alpha value is -2.89. The monoisotopic (exact) mass is 1030 g/mol. The fourth-order valence-electron chi connectivity index (χ4n) is 9.43. The normalized spacial score (nSPS) is 12.4. The summed E-state index contributed by atoms with van der Waals surface area (Å²) in [4.78, 5) is 38.3. The Morgan fingerprint density at radius 1 is 0.284 bits per heavy atom. The quantitative estimate of drug-likeness (QED) is 0.0261. The second-order valence-electron chi connectivity index (χ2n) is 21.6. The minimum atomic E-state index is -0.776. The molecular weight excluding hydrogens is 913 g/mol. The van der Waals surface area contributed by atoms with Crippen LogP contribution in [0.15, 0.2) is 60.8 Å². The van der Waals surface area contributed by atoms with E-state index in [1.807, 2.05) is 0 Å². The number of carbonyl (C=O) groups is 3. The number of hydrogen-bond acceptors (Lipinski definition) is 6. The van der Waals surface area contributed by atoms with E-state index >= 15 is 0 Å². The average Bonchev–Trinajstić information content (AvgIpc) is 3.40. The van der Waals surface area contributed by atoms with Crippen molar-refractivity contribution >= 4 is 17.9 Å². The Bertz CT molecular complexity index is 1330. The molecule has 0 aliphatic heterocycles. The minimum Gasteiger partial charge on any atom is -0.462 e. The minimum absolute atomic E-state index is 0.0740. The summed E-state index contributed by atoms with van der Waals surface area (Å²) in [5.41, 5.74) is 0. The maximum atomic E-state index is 12.9. The van der Waals surface area contributed by atoms with Crippen molar-refractivity contribution < 1.29 is 28.6 Å². The molecule has 1 atom stereocenters. The molecule has 6 heteroatoms. The van der Waals surface area contributed by atoms with Gasteiger partial charge >= 0.3 is 17.9 Å². The van der Waals surface area contributed by atoms with E-state index in [1.54, 1.807) is 0 Å². The first-order valence-electron chi connectivity index (χ1n) is 32.3. The summed E-state index contributed by atoms with van der Waals surface area (Å²) in [5, 5.41) is 0. The number of rotatable bonds is 59. The molecule has 0 aliphatic carbocycles. The third-order valence-electron chi connectivity index (χ3n) is 14.3. The van der Waals surface area contributed by atoms with Gasteiger partial charge in [-0.3, -0.25) is 14.4 Å². The van der Waals surface area contributed by atoms with Crippen LogP contribution in [0.25, 0.3) is 0 Å². The van der Waals surface area contributed by atoms with Gasteiger partial charge in [-0.1, -0.05) is 293 Å². The molecule has 0 bridgehead atoms. The van der Waals surface area contributed by atoms with E-state index in [-0.39, 0.29) is 31.1 Å². The average molecular weight is 1040 g/mol. The first-order chi connectivity index (χ1) is 36.5. The van der Waals surface area contributed by atoms with Crippen LogP contribution < -0.4 is 0 Å². The van der Waals surface area contributed by atoms with E-state index in [0.29, 0.717) is 19.3 Å². The highest BCUT2D eigenvalue weighted by Crippen LogP contribution is 2.17. The predicted octanol–water partition coefficient (Wildman–Crippen LogP) is 21.9. The lowest BCUT2D eigenvalue weighted by Gasteiger charge is -2.18. The Morgan fingerprint density at radius 2 is 0.527 bits per heavy atom. The van der Waals surface area contributed by atoms with Crippen LogP contribution >= 0.6 is 0 Å². The lowest BCUT2D eigenvalue weighted by Crippen LogP contribution is -2.30. The number of hydrogen-bond donors (Lipinski definition) is 0. The zero-order chi connectivity index (χ0) is 53.6. The Kier molecular flexibility index (Phi) is 60.2. The number of unbranched alkanes of at least 4 members (excludes halogenated alkanes) is 38. The molecule has 0 spiro atoms. The zero-order valence-corrected chi connectivity index (χ0v) is 49.4. The highest BCUT2D eigenvalue weighted by molar-refractivity contribution is 5.71. The van der Waals surface area contributed by atoms with Crippen molar-refractivity contribution in [3.63, 3.8) is 0 Å². The van der Waals surface area contributed by atoms with Crippen LogP contribution in [-0.2, 0) is 28.6 Å². The fourth-order valence-corrected chi connectivity index (χ4v) is 9.43. The second kappa shape index (κ2) is 62.6. The van der Waals surface area contributed by atoms with Crippen molar-refractivity contribution in [2.45, 2.75) is 341 Å². The van der Waals surface area contributed by atoms with Gasteiger partial charge in [-0.15, -0.1) is 0 Å². The third-order valence-corrected chi connectivity index (χ3v) is 14.3. The van der Waals surface area contributed by atoms with E-state index in [2.05, 4.69) is 81.5 Å². The van der Waals surface area contributed by atoms with E-state index in [9.17, 15) is 14.4 Å². The molecule has 0 aliphatic rings. The van der Waals surface area contributed by atoms with Gasteiger partial charge in [0, 0.05) is 19.3 Å². The van der Waals surface area contributed by atoms with Gasteiger partial charge in [0.05, 0.1) is 0 Å². The molecule has 0 rings (SSSR count). The molecule has 0 radical (unpaired) electrons. The number of esters is 3. The number of ether oxygens (including phenoxy) is 3. The van der Waals surface area contributed by atoms with Crippen LogP contribution in [0, 0.1) is 0 Å². The summed E-state index contributed by atoms with van der Waals surface area (Å²) in [6, 6.07) is 0. The standard InChI is InChI=1S/C68H122O6/c1-4-7-10-13-16-19-22-25-27-29-31-32-33-34-35-36-37-39-40-43-46-49-52-55-58-61-67(70)73-64-65(63-72-66(69)60-57-54-51-48-45-42-24-21-18-15-12-9-6-3)74-68(71)62-59-56-53-50-47-44-41-38-30-28-26-23-20-17-14-11-8-5-2/h7,10,16,19,21,24-25,27,31-32,65H,4-6,8-9,11-15,17-18,20,22-23,26,28-30,33-64H2,1-3H3/b10-7-,19-16-,24-21-,27-25-,32-31-. The summed E-state index contributed by atoms with van der Waals surface area (Å²) in [7, 11) is 0. The van der Waals surface area contributed by atoms with E-state index in [0.717, 1.165) is 89.9 Å². The SMILES string of the molecule is CC/C=C\C/C=C\C/C=C\C/C=C\CCCCCCCCCCCCCCC(=O)OCC(COC(=O)CCCCCCC/C=C\CCCCCC)OC(=O)CCCCCCCCCCCCCCCCCCCC. The molecule has 0 saturated carbocycles. The second-order valence-corrected chi connectivity index (χ2v) is 21.6. The molecule has 430 valence electrons. The van der Waals surface area contributed by atoms with Crippen molar-refractivity contribution in [1.29, 1.82) is 0 Å². The first-order valence-corrected chi connectivity index (χ1v) is 32.3. The van der Waals surface area contributed by atoms with Gasteiger partial charge in [-0.2, -0.15) is 0 Å². The number of carbonyl (C=O) groups excluding carboxylic acids is 3. The molecule has 6 nitrogen and oxygen atoms in total. The van der Waals surface area contributed by atoms with E-state index in [1.165, 1.54) is 205 Å². The predicted molar refractivity (Wildman–Crippen MR) is 321 cm³/mol. The van der Waals surface area contributed by atoms with Crippen LogP contribution in [-0.4, -0.2) is 37.2 Å². The summed E-state index contributed by atoms with van der Waals surface area (Å²) < 4.78 is 16.9. The lowest BCUT2D eigenvalue weighted by atomic mass is 10.0. The van der Waals surface area contributed by atoms with Gasteiger partial charge in [-0.25, -0.2) is 0 Å². The van der Waals surface area contributed by atoms with Gasteiger partial charge < -0.3 is 14.2 Å². The highest BCUT2D eigenvalue weighted by atomic mass is 16.6. The lowest BCUT2D eigenvalue weighted by molar-refractivity contribution is -0.167. The molecule has 0 aromatic carbocycles. The maximum Gasteiger partial charge on any atom is 0.306 e. The van der Waals surface area contributed by atoms with Crippen molar-refractivity contribution in [1.82, 2.24) is 0 Å². The molecule has 74 heavy (non-hydrogen) atoms. The van der Waals surface area contributed by atoms with E-state index in [4.69, 9.17) is 14.2 Å². The Labute approximate surface area is 460 Å². The smallest absolute Gasteiger partial charge is 0.306 e. The van der Waals surface area contributed by atoms with Crippen molar-refractivity contribution in [3.8, 4) is 0 Å². The fraction of sp³-hybridized carbons (Fsp3) is 0.809. The third kappa shape index (κ3) is 60.0. The van der Waals surface area contributed by atoms with Gasteiger partial charge in [-0.05, 0) is 83.5 Å². The molecular formula is C68H122O6. The van der Waals surface area contributed by atoms with Crippen molar-refractivity contribution in [2.75, 3.05) is 13.2 Å². The zero-order valence-electron chi connectivity index (χ0n) is 49.4. The van der Waals surface area contributed by atoms with Crippen LogP contribution in [0.2, 0.25) is 0 Å². The van der Waals surface area contributed by atoms with Gasteiger partial charge in [0.1, 0.15) is 13.2 Å². The highest BCUT2D eigenvalue weighted by Gasteiger charge is 2.19. The molecule has 0 N–H and O–H groups in total.